The molecule has 0 saturated carbocycles. The van der Waals surface area contributed by atoms with Crippen LogP contribution in [-0.4, -0.2) is 9.97 Å². The van der Waals surface area contributed by atoms with Gasteiger partial charge in [0.25, 0.3) is 0 Å². The van der Waals surface area contributed by atoms with Gasteiger partial charge in [0.05, 0.1) is 15.7 Å². The number of hydrogen-bond acceptors (Lipinski definition) is 2. The SMILES string of the molecule is Cc1cc(-c2ccc(Cl)c(Cl)c2)nc(=S)[nH]1. The van der Waals surface area contributed by atoms with Gasteiger partial charge in [-0.25, -0.2) is 4.98 Å². The van der Waals surface area contributed by atoms with E-state index in [0.29, 0.717) is 14.8 Å². The van der Waals surface area contributed by atoms with Gasteiger partial charge < -0.3 is 4.98 Å². The van der Waals surface area contributed by atoms with E-state index in [-0.39, 0.29) is 0 Å². The molecule has 0 amide bonds. The molecule has 16 heavy (non-hydrogen) atoms. The lowest BCUT2D eigenvalue weighted by atomic mass is 10.1. The first kappa shape index (κ1) is 11.6. The van der Waals surface area contributed by atoms with Crippen LogP contribution in [0.1, 0.15) is 5.69 Å². The Balaban J connectivity index is 2.58. The van der Waals surface area contributed by atoms with E-state index in [1.165, 1.54) is 0 Å². The average Bonchev–Trinajstić information content (AvgIpc) is 2.20. The smallest absolute Gasteiger partial charge is 0.197 e. The lowest BCUT2D eigenvalue weighted by Crippen LogP contribution is -1.90. The van der Waals surface area contributed by atoms with Crippen molar-refractivity contribution >= 4 is 35.4 Å². The second kappa shape index (κ2) is 4.53. The highest BCUT2D eigenvalue weighted by molar-refractivity contribution is 7.71. The first-order chi connectivity index (χ1) is 7.56. The molecule has 0 unspecified atom stereocenters. The molecule has 0 fully saturated rings. The molecular weight excluding hydrogens is 263 g/mol. The molecule has 2 aromatic rings. The molecule has 1 N–H and O–H groups in total. The summed E-state index contributed by atoms with van der Waals surface area (Å²) in [7, 11) is 0. The molecule has 82 valence electrons. The Morgan fingerprint density at radius 2 is 1.94 bits per heavy atom. The van der Waals surface area contributed by atoms with Gasteiger partial charge in [-0.2, -0.15) is 0 Å². The minimum absolute atomic E-state index is 0.459. The van der Waals surface area contributed by atoms with Gasteiger partial charge in [0.1, 0.15) is 0 Å². The van der Waals surface area contributed by atoms with E-state index >= 15 is 0 Å². The third kappa shape index (κ3) is 2.43. The number of hydrogen-bond donors (Lipinski definition) is 1. The van der Waals surface area contributed by atoms with Crippen molar-refractivity contribution in [3.05, 3.63) is 44.8 Å². The van der Waals surface area contributed by atoms with Crippen molar-refractivity contribution in [2.75, 3.05) is 0 Å². The number of aryl methyl sites for hydroxylation is 1. The lowest BCUT2D eigenvalue weighted by Gasteiger charge is -2.03. The average molecular weight is 271 g/mol. The Morgan fingerprint density at radius 3 is 2.56 bits per heavy atom. The van der Waals surface area contributed by atoms with Crippen LogP contribution in [0.25, 0.3) is 11.3 Å². The highest BCUT2D eigenvalue weighted by Gasteiger charge is 2.04. The number of rotatable bonds is 1. The Morgan fingerprint density at radius 1 is 1.19 bits per heavy atom. The fraction of sp³-hybridized carbons (Fsp3) is 0.0909. The van der Waals surface area contributed by atoms with E-state index in [1.54, 1.807) is 12.1 Å². The highest BCUT2D eigenvalue weighted by atomic mass is 35.5. The largest absolute Gasteiger partial charge is 0.335 e. The number of H-pyrrole nitrogens is 1. The third-order valence-electron chi connectivity index (χ3n) is 2.09. The monoisotopic (exact) mass is 270 g/mol. The molecule has 0 spiro atoms. The number of nitrogens with zero attached hydrogens (tertiary/aromatic N) is 1. The van der Waals surface area contributed by atoms with E-state index < -0.39 is 0 Å². The van der Waals surface area contributed by atoms with Gasteiger partial charge in [-0.1, -0.05) is 29.3 Å². The van der Waals surface area contributed by atoms with Crippen LogP contribution >= 0.6 is 35.4 Å². The quantitative estimate of drug-likeness (QED) is 0.778. The molecular formula is C11H8Cl2N2S. The van der Waals surface area contributed by atoms with Crippen molar-refractivity contribution in [2.24, 2.45) is 0 Å². The fourth-order valence-electron chi connectivity index (χ4n) is 1.38. The van der Waals surface area contributed by atoms with Crippen molar-refractivity contribution < 1.29 is 0 Å². The van der Waals surface area contributed by atoms with Gasteiger partial charge in [-0.15, -0.1) is 0 Å². The summed E-state index contributed by atoms with van der Waals surface area (Å²) in [4.78, 5) is 7.18. The third-order valence-corrected chi connectivity index (χ3v) is 3.03. The molecule has 1 heterocycles. The predicted molar refractivity (Wildman–Crippen MR) is 69.6 cm³/mol. The van der Waals surface area contributed by atoms with E-state index in [2.05, 4.69) is 9.97 Å². The normalized spacial score (nSPS) is 10.4. The number of halogens is 2. The highest BCUT2D eigenvalue weighted by Crippen LogP contribution is 2.27. The van der Waals surface area contributed by atoms with Gasteiger partial charge in [-0.05, 0) is 37.3 Å². The number of aromatic amines is 1. The molecule has 0 atom stereocenters. The Kier molecular flexibility index (Phi) is 3.28. The maximum Gasteiger partial charge on any atom is 0.197 e. The second-order valence-corrected chi connectivity index (χ2v) is 4.58. The number of benzene rings is 1. The van der Waals surface area contributed by atoms with Crippen LogP contribution in [0.5, 0.6) is 0 Å². The van der Waals surface area contributed by atoms with Crippen LogP contribution in [-0.2, 0) is 0 Å². The van der Waals surface area contributed by atoms with Crippen molar-refractivity contribution in [1.29, 1.82) is 0 Å². The van der Waals surface area contributed by atoms with E-state index in [0.717, 1.165) is 17.0 Å². The predicted octanol–water partition coefficient (Wildman–Crippen LogP) is 4.42. The standard InChI is InChI=1S/C11H8Cl2N2S/c1-6-4-10(15-11(16)14-6)7-2-3-8(12)9(13)5-7/h2-5H,1H3,(H,14,15,16). The van der Waals surface area contributed by atoms with Gasteiger partial charge in [0.2, 0.25) is 0 Å². The van der Waals surface area contributed by atoms with Crippen LogP contribution in [0.4, 0.5) is 0 Å². The van der Waals surface area contributed by atoms with Gasteiger partial charge in [0.15, 0.2) is 4.77 Å². The molecule has 0 saturated heterocycles. The van der Waals surface area contributed by atoms with E-state index in [9.17, 15) is 0 Å². The molecule has 0 radical (unpaired) electrons. The first-order valence-electron chi connectivity index (χ1n) is 4.59. The summed E-state index contributed by atoms with van der Waals surface area (Å²) in [6, 6.07) is 7.30. The van der Waals surface area contributed by atoms with Crippen LogP contribution < -0.4 is 0 Å². The minimum atomic E-state index is 0.459. The van der Waals surface area contributed by atoms with E-state index in [1.807, 2.05) is 19.1 Å². The summed E-state index contributed by atoms with van der Waals surface area (Å²) in [5.74, 6) is 0. The van der Waals surface area contributed by atoms with Crippen molar-refractivity contribution in [3.8, 4) is 11.3 Å². The minimum Gasteiger partial charge on any atom is -0.335 e. The summed E-state index contributed by atoms with van der Waals surface area (Å²) in [6.45, 7) is 1.93. The molecule has 5 heteroatoms. The maximum absolute atomic E-state index is 5.95. The zero-order valence-corrected chi connectivity index (χ0v) is 10.7. The molecule has 0 aliphatic heterocycles. The summed E-state index contributed by atoms with van der Waals surface area (Å²) < 4.78 is 0.459. The van der Waals surface area contributed by atoms with Gasteiger partial charge in [-0.3, -0.25) is 0 Å². The van der Waals surface area contributed by atoms with E-state index in [4.69, 9.17) is 35.4 Å². The second-order valence-electron chi connectivity index (χ2n) is 3.38. The molecule has 2 rings (SSSR count). The maximum atomic E-state index is 5.95. The first-order valence-corrected chi connectivity index (χ1v) is 5.76. The Bertz CT molecular complexity index is 593. The summed E-state index contributed by atoms with van der Waals surface area (Å²) in [5, 5.41) is 1.04. The van der Waals surface area contributed by atoms with Gasteiger partial charge >= 0.3 is 0 Å². The Hall–Kier alpha value is -0.900. The number of aromatic nitrogens is 2. The molecule has 0 aliphatic rings. The van der Waals surface area contributed by atoms with Crippen molar-refractivity contribution in [2.45, 2.75) is 6.92 Å². The lowest BCUT2D eigenvalue weighted by molar-refractivity contribution is 1.08. The summed E-state index contributed by atoms with van der Waals surface area (Å²) in [6.07, 6.45) is 0. The van der Waals surface area contributed by atoms with Crippen molar-refractivity contribution in [3.63, 3.8) is 0 Å². The molecule has 1 aromatic heterocycles. The topological polar surface area (TPSA) is 28.7 Å². The van der Waals surface area contributed by atoms with Crippen LogP contribution in [0.15, 0.2) is 24.3 Å². The summed E-state index contributed by atoms with van der Waals surface area (Å²) in [5.41, 5.74) is 2.65. The zero-order valence-electron chi connectivity index (χ0n) is 8.42. The van der Waals surface area contributed by atoms with Crippen molar-refractivity contribution in [1.82, 2.24) is 9.97 Å². The fourth-order valence-corrected chi connectivity index (χ4v) is 1.94. The molecule has 0 aliphatic carbocycles. The number of nitrogens with one attached hydrogen (secondary N) is 1. The van der Waals surface area contributed by atoms with Crippen LogP contribution in [0.2, 0.25) is 10.0 Å². The van der Waals surface area contributed by atoms with Crippen LogP contribution in [0, 0.1) is 11.7 Å². The Labute approximate surface area is 108 Å². The van der Waals surface area contributed by atoms with Crippen LogP contribution in [0.3, 0.4) is 0 Å². The molecule has 1 aromatic carbocycles. The van der Waals surface area contributed by atoms with Gasteiger partial charge in [0, 0.05) is 11.3 Å². The molecule has 2 nitrogen and oxygen atoms in total. The zero-order chi connectivity index (χ0) is 11.7. The molecule has 0 bridgehead atoms. The summed E-state index contributed by atoms with van der Waals surface area (Å²) >= 11 is 16.8.